The Hall–Kier alpha value is -1.19. The van der Waals surface area contributed by atoms with Crippen LogP contribution < -0.4 is 5.32 Å². The van der Waals surface area contributed by atoms with Crippen molar-refractivity contribution >= 4 is 15.9 Å². The third-order valence-electron chi connectivity index (χ3n) is 3.27. The molecular formula is C16H19BrN2. The van der Waals surface area contributed by atoms with Crippen LogP contribution in [0.3, 0.4) is 0 Å². The van der Waals surface area contributed by atoms with E-state index in [0.717, 1.165) is 23.7 Å². The van der Waals surface area contributed by atoms with Crippen molar-refractivity contribution in [1.82, 2.24) is 10.3 Å². The van der Waals surface area contributed by atoms with Gasteiger partial charge in [-0.15, -0.1) is 0 Å². The van der Waals surface area contributed by atoms with Gasteiger partial charge in [-0.3, -0.25) is 4.98 Å². The number of aryl methyl sites for hydroxylation is 1. The first-order valence-electron chi connectivity index (χ1n) is 6.61. The second-order valence-corrected chi connectivity index (χ2v) is 5.57. The van der Waals surface area contributed by atoms with Crippen LogP contribution in [0.2, 0.25) is 0 Å². The first kappa shape index (κ1) is 14.2. The van der Waals surface area contributed by atoms with Gasteiger partial charge in [0.05, 0.1) is 0 Å². The quantitative estimate of drug-likeness (QED) is 0.866. The number of nitrogens with one attached hydrogen (secondary N) is 1. The average Bonchev–Trinajstić information content (AvgIpc) is 2.45. The summed E-state index contributed by atoms with van der Waals surface area (Å²) in [6.07, 6.45) is 7.12. The van der Waals surface area contributed by atoms with Gasteiger partial charge in [0.1, 0.15) is 0 Å². The Morgan fingerprint density at radius 2 is 2.00 bits per heavy atom. The zero-order valence-corrected chi connectivity index (χ0v) is 12.7. The number of rotatable bonds is 6. The second-order valence-electron chi connectivity index (χ2n) is 4.66. The molecule has 0 aliphatic rings. The van der Waals surface area contributed by atoms with Crippen molar-refractivity contribution in [2.24, 2.45) is 0 Å². The number of halogens is 1. The summed E-state index contributed by atoms with van der Waals surface area (Å²) in [5, 5.41) is 3.39. The fraction of sp³-hybridized carbons (Fsp3) is 0.312. The third kappa shape index (κ3) is 4.44. The van der Waals surface area contributed by atoms with Crippen molar-refractivity contribution in [3.8, 4) is 0 Å². The minimum atomic E-state index is 0.432. The van der Waals surface area contributed by atoms with Gasteiger partial charge < -0.3 is 5.32 Å². The van der Waals surface area contributed by atoms with Crippen LogP contribution in [0, 0.1) is 0 Å². The van der Waals surface area contributed by atoms with Crippen LogP contribution in [-0.2, 0) is 6.42 Å². The molecule has 0 spiro atoms. The van der Waals surface area contributed by atoms with Gasteiger partial charge in [-0.25, -0.2) is 0 Å². The number of hydrogen-bond donors (Lipinski definition) is 1. The second kappa shape index (κ2) is 7.41. The van der Waals surface area contributed by atoms with E-state index >= 15 is 0 Å². The molecular weight excluding hydrogens is 300 g/mol. The molecule has 2 aromatic rings. The van der Waals surface area contributed by atoms with Crippen molar-refractivity contribution in [2.45, 2.75) is 25.3 Å². The van der Waals surface area contributed by atoms with Crippen LogP contribution in [0.4, 0.5) is 0 Å². The molecule has 1 atom stereocenters. The van der Waals surface area contributed by atoms with Crippen LogP contribution in [0.15, 0.2) is 53.3 Å². The Kier molecular flexibility index (Phi) is 5.55. The van der Waals surface area contributed by atoms with Crippen molar-refractivity contribution in [3.63, 3.8) is 0 Å². The van der Waals surface area contributed by atoms with E-state index in [4.69, 9.17) is 0 Å². The lowest BCUT2D eigenvalue weighted by Crippen LogP contribution is -2.16. The SMILES string of the molecule is CNC(CCCc1cncc(Br)c1)c1ccccc1. The first-order chi connectivity index (χ1) is 9.29. The third-order valence-corrected chi connectivity index (χ3v) is 3.70. The zero-order chi connectivity index (χ0) is 13.5. The topological polar surface area (TPSA) is 24.9 Å². The number of hydrogen-bond acceptors (Lipinski definition) is 2. The zero-order valence-electron chi connectivity index (χ0n) is 11.1. The number of pyridine rings is 1. The van der Waals surface area contributed by atoms with Gasteiger partial charge in [-0.05, 0) is 59.4 Å². The Morgan fingerprint density at radius 3 is 2.68 bits per heavy atom. The largest absolute Gasteiger partial charge is 0.313 e. The summed E-state index contributed by atoms with van der Waals surface area (Å²) < 4.78 is 1.05. The van der Waals surface area contributed by atoms with Gasteiger partial charge in [-0.1, -0.05) is 30.3 Å². The molecule has 2 rings (SSSR count). The Balaban J connectivity index is 1.87. The van der Waals surface area contributed by atoms with Gasteiger partial charge in [0.2, 0.25) is 0 Å². The molecule has 100 valence electrons. The van der Waals surface area contributed by atoms with Crippen molar-refractivity contribution < 1.29 is 0 Å². The van der Waals surface area contributed by atoms with Gasteiger partial charge in [0.15, 0.2) is 0 Å². The molecule has 0 fully saturated rings. The van der Waals surface area contributed by atoms with Gasteiger partial charge in [0, 0.05) is 22.9 Å². The Morgan fingerprint density at radius 1 is 1.21 bits per heavy atom. The predicted molar refractivity (Wildman–Crippen MR) is 83.1 cm³/mol. The van der Waals surface area contributed by atoms with Crippen molar-refractivity contribution in [3.05, 3.63) is 64.4 Å². The molecule has 1 aromatic carbocycles. The molecule has 1 heterocycles. The lowest BCUT2D eigenvalue weighted by atomic mass is 10.00. The summed E-state index contributed by atoms with van der Waals surface area (Å²) in [6.45, 7) is 0. The van der Waals surface area contributed by atoms with E-state index in [1.54, 1.807) is 0 Å². The fourth-order valence-electron chi connectivity index (χ4n) is 2.27. The van der Waals surface area contributed by atoms with E-state index in [-0.39, 0.29) is 0 Å². The molecule has 1 aromatic heterocycles. The van der Waals surface area contributed by atoms with Crippen LogP contribution in [0.5, 0.6) is 0 Å². The lowest BCUT2D eigenvalue weighted by molar-refractivity contribution is 0.527. The predicted octanol–water partition coefficient (Wildman–Crippen LogP) is 4.13. The maximum Gasteiger partial charge on any atom is 0.0410 e. The molecule has 2 nitrogen and oxygen atoms in total. The summed E-state index contributed by atoms with van der Waals surface area (Å²) >= 11 is 3.46. The highest BCUT2D eigenvalue weighted by Gasteiger charge is 2.08. The summed E-state index contributed by atoms with van der Waals surface area (Å²) in [6, 6.07) is 13.2. The smallest absolute Gasteiger partial charge is 0.0410 e. The maximum absolute atomic E-state index is 4.20. The lowest BCUT2D eigenvalue weighted by Gasteiger charge is -2.16. The van der Waals surface area contributed by atoms with Gasteiger partial charge in [0.25, 0.3) is 0 Å². The molecule has 3 heteroatoms. The number of benzene rings is 1. The van der Waals surface area contributed by atoms with Crippen LogP contribution >= 0.6 is 15.9 Å². The Labute approximate surface area is 123 Å². The van der Waals surface area contributed by atoms with E-state index in [2.05, 4.69) is 62.6 Å². The fourth-order valence-corrected chi connectivity index (χ4v) is 2.68. The molecule has 0 radical (unpaired) electrons. The van der Waals surface area contributed by atoms with Crippen molar-refractivity contribution in [2.75, 3.05) is 7.05 Å². The molecule has 0 saturated carbocycles. The number of nitrogens with zero attached hydrogens (tertiary/aromatic N) is 1. The normalized spacial score (nSPS) is 12.3. The maximum atomic E-state index is 4.20. The highest BCUT2D eigenvalue weighted by atomic mass is 79.9. The minimum Gasteiger partial charge on any atom is -0.313 e. The van der Waals surface area contributed by atoms with Crippen LogP contribution in [0.1, 0.15) is 30.0 Å². The molecule has 0 bridgehead atoms. The van der Waals surface area contributed by atoms with E-state index in [1.165, 1.54) is 11.1 Å². The Bertz CT molecular complexity index is 499. The van der Waals surface area contributed by atoms with E-state index < -0.39 is 0 Å². The summed E-state index contributed by atoms with van der Waals surface area (Å²) in [7, 11) is 2.03. The van der Waals surface area contributed by atoms with Gasteiger partial charge >= 0.3 is 0 Å². The summed E-state index contributed by atoms with van der Waals surface area (Å²) in [5.74, 6) is 0. The molecule has 1 unspecified atom stereocenters. The van der Waals surface area contributed by atoms with Crippen molar-refractivity contribution in [1.29, 1.82) is 0 Å². The van der Waals surface area contributed by atoms with E-state index in [0.29, 0.717) is 6.04 Å². The highest BCUT2D eigenvalue weighted by molar-refractivity contribution is 9.10. The monoisotopic (exact) mass is 318 g/mol. The molecule has 0 amide bonds. The first-order valence-corrected chi connectivity index (χ1v) is 7.40. The molecule has 0 saturated heterocycles. The molecule has 19 heavy (non-hydrogen) atoms. The van der Waals surface area contributed by atoms with Crippen LogP contribution in [0.25, 0.3) is 0 Å². The summed E-state index contributed by atoms with van der Waals surface area (Å²) in [5.41, 5.74) is 2.65. The average molecular weight is 319 g/mol. The molecule has 0 aliphatic carbocycles. The van der Waals surface area contributed by atoms with E-state index in [1.807, 2.05) is 19.4 Å². The van der Waals surface area contributed by atoms with Gasteiger partial charge in [-0.2, -0.15) is 0 Å². The summed E-state index contributed by atoms with van der Waals surface area (Å²) in [4.78, 5) is 4.20. The standard InChI is InChI=1S/C16H19BrN2/c1-18-16(14-7-3-2-4-8-14)9-5-6-13-10-15(17)12-19-11-13/h2-4,7-8,10-12,16,18H,5-6,9H2,1H3. The number of aromatic nitrogens is 1. The molecule has 1 N–H and O–H groups in total. The minimum absolute atomic E-state index is 0.432. The van der Waals surface area contributed by atoms with E-state index in [9.17, 15) is 0 Å². The highest BCUT2D eigenvalue weighted by Crippen LogP contribution is 2.19. The molecule has 0 aliphatic heterocycles. The van der Waals surface area contributed by atoms with Crippen LogP contribution in [-0.4, -0.2) is 12.0 Å².